The van der Waals surface area contributed by atoms with Gasteiger partial charge in [-0.05, 0) is 47.0 Å². The van der Waals surface area contributed by atoms with Crippen LogP contribution in [0, 0.1) is 0 Å². The van der Waals surface area contributed by atoms with Crippen LogP contribution in [-0.4, -0.2) is 46.7 Å². The Labute approximate surface area is 123 Å². The number of hydrogen-bond acceptors (Lipinski definition) is 3. The molecule has 0 heterocycles. The molecule has 0 spiro atoms. The molecule has 0 atom stereocenters. The van der Waals surface area contributed by atoms with Crippen LogP contribution >= 0.6 is 0 Å². The first-order valence-corrected chi connectivity index (χ1v) is 8.09. The van der Waals surface area contributed by atoms with E-state index in [0.29, 0.717) is 18.6 Å². The van der Waals surface area contributed by atoms with E-state index < -0.39 is 5.60 Å². The topological polar surface area (TPSA) is 52.6 Å². The number of hydrogen-bond donors (Lipinski definition) is 2. The summed E-state index contributed by atoms with van der Waals surface area (Å²) in [5.41, 5.74) is -0.730. The van der Waals surface area contributed by atoms with Crippen LogP contribution in [0.5, 0.6) is 0 Å². The molecule has 1 aliphatic rings. The van der Waals surface area contributed by atoms with Gasteiger partial charge in [0.15, 0.2) is 0 Å². The molecule has 0 aromatic heterocycles. The molecule has 1 rings (SSSR count). The van der Waals surface area contributed by atoms with Gasteiger partial charge in [0.25, 0.3) is 0 Å². The van der Waals surface area contributed by atoms with Crippen molar-refractivity contribution in [3.8, 4) is 0 Å². The largest absolute Gasteiger partial charge is 0.389 e. The predicted octanol–water partition coefficient (Wildman–Crippen LogP) is 2.31. The monoisotopic (exact) mass is 284 g/mol. The number of carbonyl (C=O) groups excluding carboxylic acids is 1. The van der Waals surface area contributed by atoms with E-state index in [1.54, 1.807) is 0 Å². The van der Waals surface area contributed by atoms with Crippen LogP contribution in [0.25, 0.3) is 0 Å². The molecule has 118 valence electrons. The third-order valence-electron chi connectivity index (χ3n) is 4.27. The molecule has 0 aromatic carbocycles. The van der Waals surface area contributed by atoms with E-state index in [1.165, 1.54) is 0 Å². The van der Waals surface area contributed by atoms with E-state index in [2.05, 4.69) is 37.9 Å². The van der Waals surface area contributed by atoms with E-state index in [0.717, 1.165) is 38.6 Å². The molecule has 1 saturated carbocycles. The third-order valence-corrected chi connectivity index (χ3v) is 4.27. The van der Waals surface area contributed by atoms with Crippen molar-refractivity contribution in [3.63, 3.8) is 0 Å². The summed E-state index contributed by atoms with van der Waals surface area (Å²) in [7, 11) is 0. The number of carbonyl (C=O) groups is 1. The van der Waals surface area contributed by atoms with Crippen molar-refractivity contribution in [3.05, 3.63) is 0 Å². The molecule has 0 aliphatic heterocycles. The fourth-order valence-electron chi connectivity index (χ4n) is 3.17. The first-order valence-electron chi connectivity index (χ1n) is 8.09. The number of nitrogens with zero attached hydrogens (tertiary/aromatic N) is 1. The Morgan fingerprint density at radius 2 is 1.75 bits per heavy atom. The summed E-state index contributed by atoms with van der Waals surface area (Å²) in [4.78, 5) is 14.3. The van der Waals surface area contributed by atoms with Gasteiger partial charge in [-0.3, -0.25) is 9.69 Å². The SMILES string of the molecule is CC(C)N(CCCNC(=O)CC1(O)CCCC1)C(C)C. The summed E-state index contributed by atoms with van der Waals surface area (Å²) >= 11 is 0. The van der Waals surface area contributed by atoms with Crippen LogP contribution in [0.4, 0.5) is 0 Å². The third kappa shape index (κ3) is 5.80. The maximum atomic E-state index is 11.8. The van der Waals surface area contributed by atoms with E-state index >= 15 is 0 Å². The van der Waals surface area contributed by atoms with Crippen molar-refractivity contribution >= 4 is 5.91 Å². The zero-order chi connectivity index (χ0) is 15.2. The molecule has 2 N–H and O–H groups in total. The highest BCUT2D eigenvalue weighted by Gasteiger charge is 2.33. The standard InChI is InChI=1S/C16H32N2O2/c1-13(2)18(14(3)4)11-7-10-17-15(19)12-16(20)8-5-6-9-16/h13-14,20H,5-12H2,1-4H3,(H,17,19). The molecule has 4 nitrogen and oxygen atoms in total. The lowest BCUT2D eigenvalue weighted by atomic mass is 9.98. The Morgan fingerprint density at radius 1 is 1.20 bits per heavy atom. The van der Waals surface area contributed by atoms with Gasteiger partial charge in [0.05, 0.1) is 12.0 Å². The normalized spacial score (nSPS) is 18.2. The predicted molar refractivity (Wildman–Crippen MR) is 82.6 cm³/mol. The van der Waals surface area contributed by atoms with Gasteiger partial charge in [0, 0.05) is 25.2 Å². The van der Waals surface area contributed by atoms with Gasteiger partial charge in [0.2, 0.25) is 5.91 Å². The second-order valence-corrected chi connectivity index (χ2v) is 6.74. The van der Waals surface area contributed by atoms with Gasteiger partial charge in [-0.1, -0.05) is 12.8 Å². The van der Waals surface area contributed by atoms with Gasteiger partial charge in [0.1, 0.15) is 0 Å². The van der Waals surface area contributed by atoms with Gasteiger partial charge >= 0.3 is 0 Å². The van der Waals surface area contributed by atoms with E-state index in [-0.39, 0.29) is 12.3 Å². The fourth-order valence-corrected chi connectivity index (χ4v) is 3.17. The summed E-state index contributed by atoms with van der Waals surface area (Å²) < 4.78 is 0. The Balaban J connectivity index is 2.18. The van der Waals surface area contributed by atoms with Crippen molar-refractivity contribution < 1.29 is 9.90 Å². The summed E-state index contributed by atoms with van der Waals surface area (Å²) in [6.07, 6.45) is 4.86. The minimum Gasteiger partial charge on any atom is -0.389 e. The average molecular weight is 284 g/mol. The van der Waals surface area contributed by atoms with Gasteiger partial charge < -0.3 is 10.4 Å². The molecular weight excluding hydrogens is 252 g/mol. The summed E-state index contributed by atoms with van der Waals surface area (Å²) in [5.74, 6) is -0.00459. The highest BCUT2D eigenvalue weighted by Crippen LogP contribution is 2.32. The quantitative estimate of drug-likeness (QED) is 0.673. The van der Waals surface area contributed by atoms with Crippen molar-refractivity contribution in [2.75, 3.05) is 13.1 Å². The number of nitrogens with one attached hydrogen (secondary N) is 1. The van der Waals surface area contributed by atoms with E-state index in [1.807, 2.05) is 0 Å². The lowest BCUT2D eigenvalue weighted by Gasteiger charge is -2.30. The summed E-state index contributed by atoms with van der Waals surface area (Å²) in [5, 5.41) is 13.1. The molecule has 1 amide bonds. The average Bonchev–Trinajstić information content (AvgIpc) is 2.74. The highest BCUT2D eigenvalue weighted by atomic mass is 16.3. The molecule has 0 bridgehead atoms. The van der Waals surface area contributed by atoms with Crippen molar-refractivity contribution in [2.45, 2.75) is 83.9 Å². The lowest BCUT2D eigenvalue weighted by Crippen LogP contribution is -2.40. The van der Waals surface area contributed by atoms with Crippen LogP contribution < -0.4 is 5.32 Å². The van der Waals surface area contributed by atoms with Gasteiger partial charge in [-0.15, -0.1) is 0 Å². The first-order chi connectivity index (χ1) is 9.34. The summed E-state index contributed by atoms with van der Waals surface area (Å²) in [6.45, 7) is 10.5. The Morgan fingerprint density at radius 3 is 2.25 bits per heavy atom. The number of amides is 1. The minimum atomic E-state index is -0.730. The maximum absolute atomic E-state index is 11.8. The number of rotatable bonds is 8. The van der Waals surface area contributed by atoms with Crippen molar-refractivity contribution in [1.29, 1.82) is 0 Å². The zero-order valence-electron chi connectivity index (χ0n) is 13.6. The van der Waals surface area contributed by atoms with Crippen molar-refractivity contribution in [2.24, 2.45) is 0 Å². The van der Waals surface area contributed by atoms with E-state index in [4.69, 9.17) is 0 Å². The van der Waals surface area contributed by atoms with Crippen molar-refractivity contribution in [1.82, 2.24) is 10.2 Å². The molecule has 0 saturated heterocycles. The second-order valence-electron chi connectivity index (χ2n) is 6.74. The molecule has 0 radical (unpaired) electrons. The maximum Gasteiger partial charge on any atom is 0.222 e. The molecular formula is C16H32N2O2. The summed E-state index contributed by atoms with van der Waals surface area (Å²) in [6, 6.07) is 1.06. The lowest BCUT2D eigenvalue weighted by molar-refractivity contribution is -0.125. The Kier molecular flexibility index (Phi) is 6.96. The second kappa shape index (κ2) is 7.99. The minimum absolute atomic E-state index is 0.00459. The van der Waals surface area contributed by atoms with E-state index in [9.17, 15) is 9.90 Å². The Bertz CT molecular complexity index is 289. The molecule has 1 aliphatic carbocycles. The highest BCUT2D eigenvalue weighted by molar-refractivity contribution is 5.77. The zero-order valence-corrected chi connectivity index (χ0v) is 13.6. The van der Waals surface area contributed by atoms with Crippen LogP contribution in [-0.2, 0) is 4.79 Å². The number of aliphatic hydroxyl groups is 1. The molecule has 1 fully saturated rings. The van der Waals surface area contributed by atoms with Gasteiger partial charge in [-0.25, -0.2) is 0 Å². The van der Waals surface area contributed by atoms with Crippen LogP contribution in [0.1, 0.15) is 66.2 Å². The molecule has 4 heteroatoms. The Hall–Kier alpha value is -0.610. The smallest absolute Gasteiger partial charge is 0.222 e. The molecule has 0 unspecified atom stereocenters. The molecule has 0 aromatic rings. The fraction of sp³-hybridized carbons (Fsp3) is 0.938. The van der Waals surface area contributed by atoms with Crippen LogP contribution in [0.15, 0.2) is 0 Å². The van der Waals surface area contributed by atoms with Crippen LogP contribution in [0.3, 0.4) is 0 Å². The van der Waals surface area contributed by atoms with Gasteiger partial charge in [-0.2, -0.15) is 0 Å². The van der Waals surface area contributed by atoms with Crippen LogP contribution in [0.2, 0.25) is 0 Å². The first kappa shape index (κ1) is 17.4. The molecule has 20 heavy (non-hydrogen) atoms.